The van der Waals surface area contributed by atoms with Gasteiger partial charge in [-0.1, -0.05) is 29.4 Å². The number of amides is 1. The zero-order valence-electron chi connectivity index (χ0n) is 17.3. The van der Waals surface area contributed by atoms with Gasteiger partial charge in [-0.3, -0.25) is 4.79 Å². The van der Waals surface area contributed by atoms with Crippen molar-refractivity contribution < 1.29 is 13.7 Å². The molecule has 0 N–H and O–H groups in total. The summed E-state index contributed by atoms with van der Waals surface area (Å²) in [6.07, 6.45) is 3.28. The molecule has 1 aliphatic rings. The fourth-order valence-corrected chi connectivity index (χ4v) is 3.74. The second kappa shape index (κ2) is 8.62. The fourth-order valence-electron chi connectivity index (χ4n) is 3.74. The Morgan fingerprint density at radius 3 is 2.62 bits per heavy atom. The lowest BCUT2D eigenvalue weighted by molar-refractivity contribution is -0.132. The minimum Gasteiger partial charge on any atom is -0.368 e. The smallest absolute Gasteiger partial charge is 0.258 e. The van der Waals surface area contributed by atoms with Crippen LogP contribution >= 0.6 is 0 Å². The number of hydrogen-bond donors (Lipinski definition) is 0. The van der Waals surface area contributed by atoms with Crippen LogP contribution in [0.2, 0.25) is 0 Å². The van der Waals surface area contributed by atoms with E-state index in [0.717, 1.165) is 13.1 Å². The first-order valence-corrected chi connectivity index (χ1v) is 10.4. The number of imidazole rings is 1. The number of nitrogens with zero attached hydrogens (tertiary/aromatic N) is 6. The number of para-hydroxylation sites is 1. The highest BCUT2D eigenvalue weighted by Crippen LogP contribution is 2.22. The van der Waals surface area contributed by atoms with Crippen molar-refractivity contribution in [1.29, 1.82) is 0 Å². The Bertz CT molecular complexity index is 1210. The number of carbonyl (C=O) groups is 1. The van der Waals surface area contributed by atoms with E-state index >= 15 is 0 Å². The number of hydrogen-bond acceptors (Lipinski definition) is 6. The first-order valence-electron chi connectivity index (χ1n) is 10.4. The highest BCUT2D eigenvalue weighted by Gasteiger charge is 2.22. The average molecular weight is 432 g/mol. The molecule has 162 valence electrons. The number of anilines is 1. The van der Waals surface area contributed by atoms with E-state index in [2.05, 4.69) is 32.2 Å². The van der Waals surface area contributed by atoms with Gasteiger partial charge in [0.2, 0.25) is 11.7 Å². The topological polar surface area (TPSA) is 80.3 Å². The second-order valence-electron chi connectivity index (χ2n) is 7.57. The highest BCUT2D eigenvalue weighted by atomic mass is 19.1. The molecule has 0 radical (unpaired) electrons. The molecule has 0 bridgehead atoms. The molecule has 1 fully saturated rings. The molecule has 0 atom stereocenters. The predicted octanol–water partition coefficient (Wildman–Crippen LogP) is 3.09. The number of carbonyl (C=O) groups excluding carboxylic acids is 1. The third-order valence-electron chi connectivity index (χ3n) is 5.43. The van der Waals surface area contributed by atoms with Gasteiger partial charge in [0.05, 0.1) is 6.33 Å². The molecule has 0 unspecified atom stereocenters. The SMILES string of the molecule is O=C(Cn1cnc(-c2noc(-c3cccc(F)c3)n2)c1)N1CCN(c2ccccc2)CC1. The van der Waals surface area contributed by atoms with E-state index in [1.54, 1.807) is 29.2 Å². The zero-order valence-corrected chi connectivity index (χ0v) is 17.3. The van der Waals surface area contributed by atoms with Gasteiger partial charge in [-0.2, -0.15) is 4.98 Å². The van der Waals surface area contributed by atoms with E-state index < -0.39 is 0 Å². The minimum atomic E-state index is -0.380. The van der Waals surface area contributed by atoms with Crippen LogP contribution in [0.1, 0.15) is 0 Å². The summed E-state index contributed by atoms with van der Waals surface area (Å²) in [4.78, 5) is 25.5. The van der Waals surface area contributed by atoms with Crippen LogP contribution in [0, 0.1) is 5.82 Å². The van der Waals surface area contributed by atoms with Gasteiger partial charge in [0, 0.05) is 43.6 Å². The van der Waals surface area contributed by atoms with E-state index in [1.807, 2.05) is 23.1 Å². The van der Waals surface area contributed by atoms with Crippen molar-refractivity contribution in [2.24, 2.45) is 0 Å². The molecule has 5 rings (SSSR count). The molecule has 2 aromatic heterocycles. The summed E-state index contributed by atoms with van der Waals surface area (Å²) in [5, 5.41) is 3.93. The zero-order chi connectivity index (χ0) is 21.9. The minimum absolute atomic E-state index is 0.0372. The van der Waals surface area contributed by atoms with Crippen molar-refractivity contribution in [3.8, 4) is 23.0 Å². The van der Waals surface area contributed by atoms with Crippen LogP contribution in [0.5, 0.6) is 0 Å². The van der Waals surface area contributed by atoms with E-state index in [0.29, 0.717) is 24.3 Å². The standard InChI is InChI=1S/C23H21FN6O2/c24-18-6-4-5-17(13-18)23-26-22(27-32-23)20-14-28(16-25-20)15-21(31)30-11-9-29(10-12-30)19-7-2-1-3-8-19/h1-8,13-14,16H,9-12,15H2. The fraction of sp³-hybridized carbons (Fsp3) is 0.217. The summed E-state index contributed by atoms with van der Waals surface area (Å²) in [7, 11) is 0. The number of rotatable bonds is 5. The Labute approximate surface area is 183 Å². The van der Waals surface area contributed by atoms with Crippen molar-refractivity contribution in [2.45, 2.75) is 6.54 Å². The van der Waals surface area contributed by atoms with Crippen molar-refractivity contribution in [1.82, 2.24) is 24.6 Å². The van der Waals surface area contributed by atoms with Gasteiger partial charge in [0.25, 0.3) is 5.89 Å². The van der Waals surface area contributed by atoms with Crippen LogP contribution in [0.25, 0.3) is 23.0 Å². The Kier molecular flexibility index (Phi) is 5.37. The van der Waals surface area contributed by atoms with Crippen LogP contribution in [0.4, 0.5) is 10.1 Å². The molecular weight excluding hydrogens is 411 g/mol. The van der Waals surface area contributed by atoms with Crippen molar-refractivity contribution in [3.63, 3.8) is 0 Å². The molecule has 8 nitrogen and oxygen atoms in total. The molecule has 0 spiro atoms. The number of benzene rings is 2. The van der Waals surface area contributed by atoms with E-state index in [-0.39, 0.29) is 30.0 Å². The van der Waals surface area contributed by atoms with Gasteiger partial charge in [-0.15, -0.1) is 0 Å². The number of piperazine rings is 1. The summed E-state index contributed by atoms with van der Waals surface area (Å²) >= 11 is 0. The third-order valence-corrected chi connectivity index (χ3v) is 5.43. The lowest BCUT2D eigenvalue weighted by Crippen LogP contribution is -2.49. The number of aromatic nitrogens is 4. The van der Waals surface area contributed by atoms with Gasteiger partial charge < -0.3 is 18.9 Å². The maximum absolute atomic E-state index is 13.4. The van der Waals surface area contributed by atoms with Crippen LogP contribution in [0.15, 0.2) is 71.6 Å². The first kappa shape index (κ1) is 19.9. The molecule has 1 amide bonds. The van der Waals surface area contributed by atoms with Gasteiger partial charge in [-0.05, 0) is 30.3 Å². The van der Waals surface area contributed by atoms with Crippen LogP contribution in [-0.4, -0.2) is 56.7 Å². The van der Waals surface area contributed by atoms with Crippen molar-refractivity contribution in [2.75, 3.05) is 31.1 Å². The van der Waals surface area contributed by atoms with E-state index in [4.69, 9.17) is 4.52 Å². The third kappa shape index (κ3) is 4.22. The molecule has 2 aromatic carbocycles. The lowest BCUT2D eigenvalue weighted by Gasteiger charge is -2.36. The molecule has 9 heteroatoms. The van der Waals surface area contributed by atoms with E-state index in [9.17, 15) is 9.18 Å². The Hall–Kier alpha value is -4.01. The van der Waals surface area contributed by atoms with Gasteiger partial charge in [0.15, 0.2) is 0 Å². The van der Waals surface area contributed by atoms with Crippen LogP contribution < -0.4 is 4.90 Å². The summed E-state index contributed by atoms with van der Waals surface area (Å²) < 4.78 is 20.4. The largest absolute Gasteiger partial charge is 0.368 e. The van der Waals surface area contributed by atoms with Crippen LogP contribution in [0.3, 0.4) is 0 Å². The predicted molar refractivity (Wildman–Crippen MR) is 116 cm³/mol. The van der Waals surface area contributed by atoms with Crippen LogP contribution in [-0.2, 0) is 11.3 Å². The Balaban J connectivity index is 1.20. The molecule has 0 saturated carbocycles. The first-order chi connectivity index (χ1) is 15.7. The summed E-state index contributed by atoms with van der Waals surface area (Å²) in [5.74, 6) is 0.151. The molecule has 32 heavy (non-hydrogen) atoms. The molecule has 1 saturated heterocycles. The molecule has 0 aliphatic carbocycles. The molecule has 1 aliphatic heterocycles. The van der Waals surface area contributed by atoms with Crippen molar-refractivity contribution in [3.05, 3.63) is 72.9 Å². The average Bonchev–Trinajstić information content (AvgIpc) is 3.50. The summed E-state index contributed by atoms with van der Waals surface area (Å²) in [5.41, 5.74) is 2.16. The van der Waals surface area contributed by atoms with Gasteiger partial charge in [-0.25, -0.2) is 9.37 Å². The molecular formula is C23H21FN6O2. The van der Waals surface area contributed by atoms with Gasteiger partial charge >= 0.3 is 0 Å². The van der Waals surface area contributed by atoms with E-state index in [1.165, 1.54) is 17.8 Å². The molecule has 3 heterocycles. The Morgan fingerprint density at radius 1 is 1.03 bits per heavy atom. The Morgan fingerprint density at radius 2 is 1.84 bits per heavy atom. The number of halogens is 1. The summed E-state index contributed by atoms with van der Waals surface area (Å²) in [6, 6.07) is 16.2. The van der Waals surface area contributed by atoms with Gasteiger partial charge in [0.1, 0.15) is 18.1 Å². The lowest BCUT2D eigenvalue weighted by atomic mass is 10.2. The highest BCUT2D eigenvalue weighted by molar-refractivity contribution is 5.76. The normalized spacial score (nSPS) is 14.0. The summed E-state index contributed by atoms with van der Waals surface area (Å²) in [6.45, 7) is 3.15. The maximum atomic E-state index is 13.4. The second-order valence-corrected chi connectivity index (χ2v) is 7.57. The quantitative estimate of drug-likeness (QED) is 0.482. The van der Waals surface area contributed by atoms with Crippen molar-refractivity contribution >= 4 is 11.6 Å². The monoisotopic (exact) mass is 432 g/mol. The molecule has 4 aromatic rings. The maximum Gasteiger partial charge on any atom is 0.258 e.